The third-order valence-electron chi connectivity index (χ3n) is 2.23. The molecule has 2 atom stereocenters. The maximum atomic E-state index is 9.41. The van der Waals surface area contributed by atoms with Crippen molar-refractivity contribution in [2.75, 3.05) is 0 Å². The average Bonchev–Trinajstić information content (AvgIpc) is 2.60. The molecule has 4 nitrogen and oxygen atoms in total. The van der Waals surface area contributed by atoms with Gasteiger partial charge < -0.3 is 9.63 Å². The molecule has 5 heteroatoms. The van der Waals surface area contributed by atoms with Crippen molar-refractivity contribution in [1.29, 1.82) is 0 Å². The van der Waals surface area contributed by atoms with Gasteiger partial charge in [0.25, 0.3) is 0 Å². The summed E-state index contributed by atoms with van der Waals surface area (Å²) in [5, 5.41) is 13.3. The monoisotopic (exact) mass is 244 g/mol. The molecule has 92 valence electrons. The van der Waals surface area contributed by atoms with Crippen LogP contribution in [0.3, 0.4) is 0 Å². The Balaban J connectivity index is 2.58. The van der Waals surface area contributed by atoms with Crippen LogP contribution in [0.2, 0.25) is 0 Å². The molecule has 0 aliphatic carbocycles. The van der Waals surface area contributed by atoms with Gasteiger partial charge in [0.1, 0.15) is 0 Å². The highest BCUT2D eigenvalue weighted by atomic mass is 32.2. The third kappa shape index (κ3) is 4.14. The van der Waals surface area contributed by atoms with Gasteiger partial charge in [-0.25, -0.2) is 0 Å². The fourth-order valence-corrected chi connectivity index (χ4v) is 1.68. The standard InChI is InChI=1S/C11H20N2O2S/c1-7(8(2)14)10-12-9(13-15-10)6-16-11(3,4)5/h7-8,14H,6H2,1-5H3. The predicted octanol–water partition coefficient (Wildman–Crippen LogP) is 2.59. The van der Waals surface area contributed by atoms with Crippen molar-refractivity contribution >= 4 is 11.8 Å². The van der Waals surface area contributed by atoms with Crippen molar-refractivity contribution in [3.63, 3.8) is 0 Å². The number of nitrogens with zero attached hydrogens (tertiary/aromatic N) is 2. The number of aromatic nitrogens is 2. The number of thioether (sulfide) groups is 1. The van der Waals surface area contributed by atoms with Gasteiger partial charge >= 0.3 is 0 Å². The molecule has 1 rings (SSSR count). The molecule has 1 aromatic heterocycles. The van der Waals surface area contributed by atoms with Crippen LogP contribution < -0.4 is 0 Å². The molecule has 0 fully saturated rings. The van der Waals surface area contributed by atoms with E-state index in [4.69, 9.17) is 4.52 Å². The Hall–Kier alpha value is -0.550. The van der Waals surface area contributed by atoms with Crippen LogP contribution in [0.4, 0.5) is 0 Å². The second kappa shape index (κ2) is 5.19. The zero-order chi connectivity index (χ0) is 12.3. The lowest BCUT2D eigenvalue weighted by Gasteiger charge is -2.15. The maximum absolute atomic E-state index is 9.41. The molecular formula is C11H20N2O2S. The minimum Gasteiger partial charge on any atom is -0.393 e. The van der Waals surface area contributed by atoms with Crippen LogP contribution >= 0.6 is 11.8 Å². The molecule has 0 aliphatic heterocycles. The van der Waals surface area contributed by atoms with E-state index in [1.807, 2.05) is 6.92 Å². The molecule has 1 aromatic rings. The molecule has 0 radical (unpaired) electrons. The lowest BCUT2D eigenvalue weighted by atomic mass is 10.1. The molecule has 1 N–H and O–H groups in total. The van der Waals surface area contributed by atoms with Gasteiger partial charge in [-0.05, 0) is 6.92 Å². The van der Waals surface area contributed by atoms with E-state index in [1.54, 1.807) is 18.7 Å². The summed E-state index contributed by atoms with van der Waals surface area (Å²) in [5.74, 6) is 1.84. The molecular weight excluding hydrogens is 224 g/mol. The van der Waals surface area contributed by atoms with Gasteiger partial charge in [-0.3, -0.25) is 0 Å². The van der Waals surface area contributed by atoms with Crippen LogP contribution in [-0.4, -0.2) is 26.1 Å². The summed E-state index contributed by atoms with van der Waals surface area (Å²) in [6, 6.07) is 0. The highest BCUT2D eigenvalue weighted by molar-refractivity contribution is 7.99. The van der Waals surface area contributed by atoms with E-state index in [0.29, 0.717) is 11.7 Å². The number of hydrogen-bond acceptors (Lipinski definition) is 5. The fourth-order valence-electron chi connectivity index (χ4n) is 0.998. The van der Waals surface area contributed by atoms with Crippen molar-refractivity contribution in [3.8, 4) is 0 Å². The van der Waals surface area contributed by atoms with E-state index in [9.17, 15) is 5.11 Å². The quantitative estimate of drug-likeness (QED) is 0.882. The molecule has 0 saturated carbocycles. The second-order valence-corrected chi connectivity index (χ2v) is 6.78. The van der Waals surface area contributed by atoms with Crippen LogP contribution in [-0.2, 0) is 5.75 Å². The molecule has 2 unspecified atom stereocenters. The number of rotatable bonds is 4. The van der Waals surface area contributed by atoms with Crippen LogP contribution in [0, 0.1) is 0 Å². The Morgan fingerprint density at radius 3 is 2.50 bits per heavy atom. The van der Waals surface area contributed by atoms with E-state index >= 15 is 0 Å². The average molecular weight is 244 g/mol. The van der Waals surface area contributed by atoms with Crippen LogP contribution in [0.25, 0.3) is 0 Å². The van der Waals surface area contributed by atoms with Gasteiger partial charge in [-0.15, -0.1) is 11.8 Å². The van der Waals surface area contributed by atoms with Crippen molar-refractivity contribution < 1.29 is 9.63 Å². The first kappa shape index (κ1) is 13.5. The molecule has 1 heterocycles. The zero-order valence-corrected chi connectivity index (χ0v) is 11.3. The highest BCUT2D eigenvalue weighted by Crippen LogP contribution is 2.26. The number of aliphatic hydroxyl groups is 1. The van der Waals surface area contributed by atoms with Crippen LogP contribution in [0.15, 0.2) is 4.52 Å². The summed E-state index contributed by atoms with van der Waals surface area (Å²) in [6.45, 7) is 10.0. The third-order valence-corrected chi connectivity index (χ3v) is 3.50. The summed E-state index contributed by atoms with van der Waals surface area (Å²) in [6.07, 6.45) is -0.469. The number of hydrogen-bond donors (Lipinski definition) is 1. The van der Waals surface area contributed by atoms with Crippen molar-refractivity contribution in [1.82, 2.24) is 10.1 Å². The van der Waals surface area contributed by atoms with E-state index in [2.05, 4.69) is 30.9 Å². The molecule has 0 aliphatic rings. The largest absolute Gasteiger partial charge is 0.393 e. The Morgan fingerprint density at radius 1 is 1.38 bits per heavy atom. The Kier molecular flexibility index (Phi) is 4.38. The summed E-state index contributed by atoms with van der Waals surface area (Å²) >= 11 is 1.77. The van der Waals surface area contributed by atoms with E-state index in [1.165, 1.54) is 0 Å². The molecule has 16 heavy (non-hydrogen) atoms. The molecule has 0 amide bonds. The Labute approximate surface area is 101 Å². The SMILES string of the molecule is CC(O)C(C)c1nc(CSC(C)(C)C)no1. The predicted molar refractivity (Wildman–Crippen MR) is 65.4 cm³/mol. The summed E-state index contributed by atoms with van der Waals surface area (Å²) in [7, 11) is 0. The summed E-state index contributed by atoms with van der Waals surface area (Å²) < 4.78 is 5.31. The first-order chi connectivity index (χ1) is 7.29. The summed E-state index contributed by atoms with van der Waals surface area (Å²) in [4.78, 5) is 4.28. The van der Waals surface area contributed by atoms with E-state index < -0.39 is 6.10 Å². The van der Waals surface area contributed by atoms with Crippen LogP contribution in [0.1, 0.15) is 52.3 Å². The van der Waals surface area contributed by atoms with Gasteiger partial charge in [-0.1, -0.05) is 32.9 Å². The van der Waals surface area contributed by atoms with Crippen molar-refractivity contribution in [2.24, 2.45) is 0 Å². The normalized spacial score (nSPS) is 16.1. The number of aliphatic hydroxyl groups excluding tert-OH is 1. The van der Waals surface area contributed by atoms with Crippen LogP contribution in [0.5, 0.6) is 0 Å². The van der Waals surface area contributed by atoms with Crippen molar-refractivity contribution in [2.45, 2.75) is 57.1 Å². The smallest absolute Gasteiger partial charge is 0.232 e. The summed E-state index contributed by atoms with van der Waals surface area (Å²) in [5.41, 5.74) is 0. The first-order valence-electron chi connectivity index (χ1n) is 5.44. The lowest BCUT2D eigenvalue weighted by molar-refractivity contribution is 0.151. The molecule has 0 spiro atoms. The van der Waals surface area contributed by atoms with Gasteiger partial charge in [-0.2, -0.15) is 4.98 Å². The molecule has 0 aromatic carbocycles. The van der Waals surface area contributed by atoms with Gasteiger partial charge in [0, 0.05) is 4.75 Å². The van der Waals surface area contributed by atoms with E-state index in [-0.39, 0.29) is 10.7 Å². The topological polar surface area (TPSA) is 59.2 Å². The maximum Gasteiger partial charge on any atom is 0.232 e. The molecule has 0 bridgehead atoms. The fraction of sp³-hybridized carbons (Fsp3) is 0.818. The minimum absolute atomic E-state index is 0.110. The van der Waals surface area contributed by atoms with Gasteiger partial charge in [0.15, 0.2) is 5.82 Å². The van der Waals surface area contributed by atoms with Crippen molar-refractivity contribution in [3.05, 3.63) is 11.7 Å². The van der Waals surface area contributed by atoms with Gasteiger partial charge in [0.2, 0.25) is 5.89 Å². The Bertz CT molecular complexity index is 331. The lowest BCUT2D eigenvalue weighted by Crippen LogP contribution is -2.11. The zero-order valence-electron chi connectivity index (χ0n) is 10.5. The first-order valence-corrected chi connectivity index (χ1v) is 6.42. The molecule has 0 saturated heterocycles. The van der Waals surface area contributed by atoms with Gasteiger partial charge in [0.05, 0.1) is 17.8 Å². The Morgan fingerprint density at radius 2 is 2.00 bits per heavy atom. The van der Waals surface area contributed by atoms with E-state index in [0.717, 1.165) is 5.75 Å². The highest BCUT2D eigenvalue weighted by Gasteiger charge is 2.19. The second-order valence-electron chi connectivity index (χ2n) is 4.98. The minimum atomic E-state index is -0.469.